The van der Waals surface area contributed by atoms with Crippen molar-refractivity contribution in [2.45, 2.75) is 20.3 Å². The van der Waals surface area contributed by atoms with Crippen molar-refractivity contribution < 1.29 is 0 Å². The van der Waals surface area contributed by atoms with E-state index in [0.29, 0.717) is 0 Å². The molecule has 2 heteroatoms. The Bertz CT molecular complexity index is 62.9. The number of rotatable bonds is 2. The molecule has 0 fully saturated rings. The molecular formula is C6H14ClN. The fourth-order valence-electron chi connectivity index (χ4n) is 0.525. The van der Waals surface area contributed by atoms with Gasteiger partial charge in [-0.2, -0.15) is 0 Å². The third-order valence-corrected chi connectivity index (χ3v) is 1.05. The molecular weight excluding hydrogens is 122 g/mol. The zero-order valence-corrected chi connectivity index (χ0v) is 6.51. The summed E-state index contributed by atoms with van der Waals surface area (Å²) < 4.78 is 0. The van der Waals surface area contributed by atoms with Crippen LogP contribution in [-0.4, -0.2) is 7.05 Å². The van der Waals surface area contributed by atoms with Crippen LogP contribution in [0.15, 0.2) is 11.8 Å². The van der Waals surface area contributed by atoms with Gasteiger partial charge in [0.05, 0.1) is 0 Å². The first-order chi connectivity index (χ1) is 3.35. The van der Waals surface area contributed by atoms with Gasteiger partial charge in [0.1, 0.15) is 0 Å². The van der Waals surface area contributed by atoms with Crippen molar-refractivity contribution in [3.8, 4) is 0 Å². The highest BCUT2D eigenvalue weighted by molar-refractivity contribution is 5.85. The van der Waals surface area contributed by atoms with Gasteiger partial charge < -0.3 is 5.32 Å². The Morgan fingerprint density at radius 2 is 2.12 bits per heavy atom. The molecule has 0 amide bonds. The smallest absolute Gasteiger partial charge is 0.00579 e. The summed E-state index contributed by atoms with van der Waals surface area (Å²) in [6, 6.07) is 0. The molecule has 0 aromatic carbocycles. The lowest BCUT2D eigenvalue weighted by atomic mass is 10.3. The molecule has 0 aliphatic carbocycles. The highest BCUT2D eigenvalue weighted by Crippen LogP contribution is 1.90. The third-order valence-electron chi connectivity index (χ3n) is 1.05. The molecule has 0 aromatic rings. The molecule has 8 heavy (non-hydrogen) atoms. The minimum atomic E-state index is 0. The first kappa shape index (κ1) is 10.7. The van der Waals surface area contributed by atoms with Gasteiger partial charge in [-0.05, 0) is 13.3 Å². The number of halogens is 1. The van der Waals surface area contributed by atoms with Crippen molar-refractivity contribution in [2.75, 3.05) is 7.05 Å². The van der Waals surface area contributed by atoms with Gasteiger partial charge in [0.2, 0.25) is 0 Å². The molecule has 0 unspecified atom stereocenters. The summed E-state index contributed by atoms with van der Waals surface area (Å²) in [5.41, 5.74) is 1.31. The van der Waals surface area contributed by atoms with E-state index in [1.165, 1.54) is 5.70 Å². The van der Waals surface area contributed by atoms with Crippen LogP contribution in [0.2, 0.25) is 0 Å². The molecule has 0 saturated heterocycles. The molecule has 1 N–H and O–H groups in total. The zero-order valence-electron chi connectivity index (χ0n) is 5.69. The van der Waals surface area contributed by atoms with Crippen LogP contribution in [0, 0.1) is 0 Å². The van der Waals surface area contributed by atoms with Crippen LogP contribution in [0.1, 0.15) is 20.3 Å². The summed E-state index contributed by atoms with van der Waals surface area (Å²) in [7, 11) is 1.94. The van der Waals surface area contributed by atoms with Crippen LogP contribution < -0.4 is 5.32 Å². The van der Waals surface area contributed by atoms with E-state index < -0.39 is 0 Å². The van der Waals surface area contributed by atoms with Crippen LogP contribution in [-0.2, 0) is 0 Å². The Morgan fingerprint density at radius 1 is 1.62 bits per heavy atom. The molecule has 0 atom stereocenters. The zero-order chi connectivity index (χ0) is 5.70. The third kappa shape index (κ3) is 4.00. The number of hydrogen-bond acceptors (Lipinski definition) is 1. The van der Waals surface area contributed by atoms with E-state index in [2.05, 4.69) is 18.3 Å². The van der Waals surface area contributed by atoms with Gasteiger partial charge >= 0.3 is 0 Å². The van der Waals surface area contributed by atoms with Crippen molar-refractivity contribution in [2.24, 2.45) is 0 Å². The van der Waals surface area contributed by atoms with E-state index >= 15 is 0 Å². The lowest BCUT2D eigenvalue weighted by Crippen LogP contribution is -2.02. The normalized spacial score (nSPS) is 10.1. The second kappa shape index (κ2) is 6.83. The van der Waals surface area contributed by atoms with E-state index in [0.717, 1.165) is 6.42 Å². The van der Waals surface area contributed by atoms with Gasteiger partial charge in [0.15, 0.2) is 0 Å². The molecule has 50 valence electrons. The van der Waals surface area contributed by atoms with Crippen molar-refractivity contribution in [1.29, 1.82) is 0 Å². The van der Waals surface area contributed by atoms with E-state index in [9.17, 15) is 0 Å². The molecule has 0 aromatic heterocycles. The summed E-state index contributed by atoms with van der Waals surface area (Å²) in [5.74, 6) is 0. The highest BCUT2D eigenvalue weighted by Gasteiger charge is 1.79. The van der Waals surface area contributed by atoms with Crippen molar-refractivity contribution in [1.82, 2.24) is 5.32 Å². The quantitative estimate of drug-likeness (QED) is 0.610. The van der Waals surface area contributed by atoms with Gasteiger partial charge in [-0.3, -0.25) is 0 Å². The molecule has 1 nitrogen and oxygen atoms in total. The van der Waals surface area contributed by atoms with E-state index in [1.54, 1.807) is 0 Å². The molecule has 0 rings (SSSR count). The SMILES string of the molecule is C/C=C(/CC)NC.Cl. The Labute approximate surface area is 57.6 Å². The molecule has 0 heterocycles. The molecule has 0 radical (unpaired) electrons. The minimum Gasteiger partial charge on any atom is -0.392 e. The maximum Gasteiger partial charge on any atom is 0.00579 e. The number of nitrogens with one attached hydrogen (secondary N) is 1. The molecule has 0 aliphatic heterocycles. The van der Waals surface area contributed by atoms with E-state index in [4.69, 9.17) is 0 Å². The highest BCUT2D eigenvalue weighted by atomic mass is 35.5. The van der Waals surface area contributed by atoms with Crippen molar-refractivity contribution in [3.63, 3.8) is 0 Å². The van der Waals surface area contributed by atoms with Crippen LogP contribution in [0.4, 0.5) is 0 Å². The lowest BCUT2D eigenvalue weighted by Gasteiger charge is -1.98. The van der Waals surface area contributed by atoms with Crippen molar-refractivity contribution in [3.05, 3.63) is 11.8 Å². The van der Waals surface area contributed by atoms with E-state index in [1.807, 2.05) is 14.0 Å². The maximum atomic E-state index is 3.06. The first-order valence-corrected chi connectivity index (χ1v) is 2.68. The Morgan fingerprint density at radius 3 is 2.12 bits per heavy atom. The maximum absolute atomic E-state index is 3.06. The minimum absolute atomic E-state index is 0. The van der Waals surface area contributed by atoms with Gasteiger partial charge in [-0.1, -0.05) is 13.0 Å². The fraction of sp³-hybridized carbons (Fsp3) is 0.667. The molecule has 0 aliphatic rings. The summed E-state index contributed by atoms with van der Waals surface area (Å²) in [6.07, 6.45) is 3.19. The standard InChI is InChI=1S/C6H13N.ClH/c1-4-6(5-2)7-3;/h4,7H,5H2,1-3H3;1H/b6-4-;. The van der Waals surface area contributed by atoms with Crippen LogP contribution >= 0.6 is 12.4 Å². The Kier molecular flexibility index (Phi) is 9.17. The first-order valence-electron chi connectivity index (χ1n) is 2.68. The summed E-state index contributed by atoms with van der Waals surface area (Å²) in [5, 5.41) is 3.06. The van der Waals surface area contributed by atoms with E-state index in [-0.39, 0.29) is 12.4 Å². The van der Waals surface area contributed by atoms with Gasteiger partial charge in [-0.25, -0.2) is 0 Å². The Hall–Kier alpha value is -0.170. The average molecular weight is 136 g/mol. The fourth-order valence-corrected chi connectivity index (χ4v) is 0.525. The molecule has 0 spiro atoms. The van der Waals surface area contributed by atoms with Crippen LogP contribution in [0.5, 0.6) is 0 Å². The van der Waals surface area contributed by atoms with Crippen molar-refractivity contribution >= 4 is 12.4 Å². The summed E-state index contributed by atoms with van der Waals surface area (Å²) >= 11 is 0. The van der Waals surface area contributed by atoms with Gasteiger partial charge in [0, 0.05) is 12.7 Å². The van der Waals surface area contributed by atoms with Crippen LogP contribution in [0.25, 0.3) is 0 Å². The summed E-state index contributed by atoms with van der Waals surface area (Å²) in [4.78, 5) is 0. The van der Waals surface area contributed by atoms with Gasteiger partial charge in [-0.15, -0.1) is 12.4 Å². The average Bonchev–Trinajstić information content (AvgIpc) is 1.72. The largest absolute Gasteiger partial charge is 0.392 e. The molecule has 0 saturated carbocycles. The second-order valence-electron chi connectivity index (χ2n) is 1.42. The topological polar surface area (TPSA) is 12.0 Å². The second-order valence-corrected chi connectivity index (χ2v) is 1.42. The summed E-state index contributed by atoms with van der Waals surface area (Å²) in [6.45, 7) is 4.17. The molecule has 0 bridgehead atoms. The number of allylic oxidation sites excluding steroid dienone is 2. The monoisotopic (exact) mass is 135 g/mol. The Balaban J connectivity index is 0. The van der Waals surface area contributed by atoms with Crippen LogP contribution in [0.3, 0.4) is 0 Å². The predicted molar refractivity (Wildman–Crippen MR) is 40.4 cm³/mol. The van der Waals surface area contributed by atoms with Gasteiger partial charge in [0.25, 0.3) is 0 Å². The number of hydrogen-bond donors (Lipinski definition) is 1. The lowest BCUT2D eigenvalue weighted by molar-refractivity contribution is 0.896. The predicted octanol–water partition coefficient (Wildman–Crippen LogP) is 1.94.